The molecule has 13 nitrogen and oxygen atoms in total. The van der Waals surface area contributed by atoms with E-state index in [9.17, 15) is 19.2 Å². The molecule has 3 amide bonds. The average molecular weight is 751 g/mol. The number of carbonyl (C=O) groups is 3. The number of benzene rings is 2. The van der Waals surface area contributed by atoms with Crippen LogP contribution in [0.15, 0.2) is 66.1 Å². The molecule has 4 aromatic rings. The highest BCUT2D eigenvalue weighted by molar-refractivity contribution is 5.88. The lowest BCUT2D eigenvalue weighted by atomic mass is 9.89. The van der Waals surface area contributed by atoms with E-state index in [0.717, 1.165) is 66.4 Å². The first-order valence-electron chi connectivity index (χ1n) is 19.8. The van der Waals surface area contributed by atoms with Gasteiger partial charge in [-0.1, -0.05) is 30.3 Å². The molecular weight excluding hydrogens is 697 g/mol. The van der Waals surface area contributed by atoms with Crippen molar-refractivity contribution in [2.45, 2.75) is 76.6 Å². The van der Waals surface area contributed by atoms with E-state index in [1.54, 1.807) is 17.2 Å². The van der Waals surface area contributed by atoms with E-state index < -0.39 is 6.04 Å². The number of amides is 3. The van der Waals surface area contributed by atoms with Crippen LogP contribution >= 0.6 is 0 Å². The van der Waals surface area contributed by atoms with Crippen molar-refractivity contribution in [3.8, 4) is 0 Å². The van der Waals surface area contributed by atoms with Gasteiger partial charge in [0.05, 0.1) is 17.2 Å². The van der Waals surface area contributed by atoms with Gasteiger partial charge in [-0.15, -0.1) is 6.58 Å². The second-order valence-corrected chi connectivity index (χ2v) is 15.5. The van der Waals surface area contributed by atoms with Crippen molar-refractivity contribution in [1.82, 2.24) is 39.7 Å². The molecule has 0 saturated carbocycles. The van der Waals surface area contributed by atoms with Crippen molar-refractivity contribution >= 4 is 39.7 Å². The summed E-state index contributed by atoms with van der Waals surface area (Å²) in [5.41, 5.74) is 4.13. The van der Waals surface area contributed by atoms with Crippen molar-refractivity contribution < 1.29 is 19.1 Å². The number of fused-ring (bicyclic) bond motifs is 2. The molecule has 3 aliphatic rings. The predicted octanol–water partition coefficient (Wildman–Crippen LogP) is 4.39. The van der Waals surface area contributed by atoms with E-state index in [-0.39, 0.29) is 42.5 Å². The van der Waals surface area contributed by atoms with Gasteiger partial charge in [0.1, 0.15) is 6.04 Å². The molecule has 2 N–H and O–H groups in total. The molecule has 0 bridgehead atoms. The van der Waals surface area contributed by atoms with Crippen LogP contribution in [0.1, 0.15) is 61.1 Å². The highest BCUT2D eigenvalue weighted by Crippen LogP contribution is 2.29. The highest BCUT2D eigenvalue weighted by atomic mass is 16.5. The first-order chi connectivity index (χ1) is 26.7. The fourth-order valence-corrected chi connectivity index (χ4v) is 8.59. The normalized spacial score (nSPS) is 18.4. The minimum absolute atomic E-state index is 0.0573. The summed E-state index contributed by atoms with van der Waals surface area (Å²) in [6, 6.07) is 13.2. The lowest BCUT2D eigenvalue weighted by molar-refractivity contribution is -0.147. The zero-order valence-electron chi connectivity index (χ0n) is 32.2. The Morgan fingerprint density at radius 3 is 2.45 bits per heavy atom. The standard InChI is InChI=1S/C42H54N8O5/c1-4-5-10-38(51)55-28-50-37-9-7-6-8-32(37)26-35(40(50)52)31-11-17-49(18-12-31)42(54)44-36(25-30-23-29(2)39-33(24-30)27-43-45-39)41(53)48-21-19-47(20-22-48)34-13-15-46(3)16-14-34/h4,6-9,23-24,26-27,31,34,36H,1,5,10-22,25,28H2,2-3H3,(H,43,45)(H,44,54). The number of para-hydroxylation sites is 1. The number of nitrogens with one attached hydrogen (secondary N) is 2. The first kappa shape index (κ1) is 38.3. The van der Waals surface area contributed by atoms with Gasteiger partial charge in [-0.25, -0.2) is 4.79 Å². The predicted molar refractivity (Wildman–Crippen MR) is 213 cm³/mol. The average Bonchev–Trinajstić information content (AvgIpc) is 3.69. The molecule has 3 saturated heterocycles. The molecule has 13 heteroatoms. The summed E-state index contributed by atoms with van der Waals surface area (Å²) < 4.78 is 7.02. The maximum absolute atomic E-state index is 14.3. The van der Waals surface area contributed by atoms with Crippen LogP contribution in [-0.4, -0.2) is 124 Å². The first-order valence-corrected chi connectivity index (χ1v) is 19.8. The number of carbonyl (C=O) groups excluding carboxylic acids is 3. The Morgan fingerprint density at radius 1 is 0.964 bits per heavy atom. The Kier molecular flexibility index (Phi) is 12.0. The van der Waals surface area contributed by atoms with E-state index >= 15 is 0 Å². The van der Waals surface area contributed by atoms with E-state index in [0.29, 0.717) is 69.0 Å². The molecule has 2 aromatic carbocycles. The van der Waals surface area contributed by atoms with Crippen LogP contribution in [0.3, 0.4) is 0 Å². The molecule has 3 fully saturated rings. The number of ether oxygens (including phenoxy) is 1. The summed E-state index contributed by atoms with van der Waals surface area (Å²) >= 11 is 0. The minimum atomic E-state index is -0.731. The maximum atomic E-state index is 14.3. The lowest BCUT2D eigenvalue weighted by Gasteiger charge is -2.43. The highest BCUT2D eigenvalue weighted by Gasteiger charge is 2.34. The largest absolute Gasteiger partial charge is 0.444 e. The van der Waals surface area contributed by atoms with E-state index in [4.69, 9.17) is 4.74 Å². The van der Waals surface area contributed by atoms with Gasteiger partial charge in [-0.3, -0.25) is 28.9 Å². The Bertz CT molecular complexity index is 2070. The summed E-state index contributed by atoms with van der Waals surface area (Å²) in [5, 5.41) is 12.3. The zero-order chi connectivity index (χ0) is 38.5. The van der Waals surface area contributed by atoms with Gasteiger partial charge in [0.2, 0.25) is 5.91 Å². The summed E-state index contributed by atoms with van der Waals surface area (Å²) in [5.74, 6) is -0.519. The van der Waals surface area contributed by atoms with Crippen molar-refractivity contribution in [3.63, 3.8) is 0 Å². The minimum Gasteiger partial charge on any atom is -0.444 e. The van der Waals surface area contributed by atoms with Crippen LogP contribution in [0.2, 0.25) is 0 Å². The fraction of sp³-hybridized carbons (Fsp3) is 0.500. The number of hydrogen-bond donors (Lipinski definition) is 2. The van der Waals surface area contributed by atoms with E-state index in [1.807, 2.05) is 48.2 Å². The molecule has 1 atom stereocenters. The van der Waals surface area contributed by atoms with E-state index in [2.05, 4.69) is 45.0 Å². The molecule has 5 heterocycles. The smallest absolute Gasteiger partial charge is 0.318 e. The molecular formula is C42H54N8O5. The Morgan fingerprint density at radius 2 is 1.71 bits per heavy atom. The van der Waals surface area contributed by atoms with Crippen molar-refractivity contribution in [2.75, 3.05) is 59.4 Å². The molecule has 7 rings (SSSR count). The zero-order valence-corrected chi connectivity index (χ0v) is 32.2. The van der Waals surface area contributed by atoms with Gasteiger partial charge >= 0.3 is 12.0 Å². The molecule has 0 radical (unpaired) electrons. The Hall–Kier alpha value is -5.01. The van der Waals surface area contributed by atoms with Crippen molar-refractivity contribution in [3.05, 3.63) is 88.4 Å². The van der Waals surface area contributed by atoms with Crippen LogP contribution < -0.4 is 10.9 Å². The third kappa shape index (κ3) is 8.78. The van der Waals surface area contributed by atoms with Crippen LogP contribution in [0, 0.1) is 6.92 Å². The van der Waals surface area contributed by atoms with Crippen molar-refractivity contribution in [1.29, 1.82) is 0 Å². The van der Waals surface area contributed by atoms with Gasteiger partial charge in [0, 0.05) is 69.1 Å². The third-order valence-corrected chi connectivity index (χ3v) is 11.8. The molecule has 0 spiro atoms. The van der Waals surface area contributed by atoms with Crippen molar-refractivity contribution in [2.24, 2.45) is 0 Å². The topological polar surface area (TPSA) is 136 Å². The summed E-state index contributed by atoms with van der Waals surface area (Å²) in [7, 11) is 2.17. The lowest BCUT2D eigenvalue weighted by Crippen LogP contribution is -2.59. The van der Waals surface area contributed by atoms with Gasteiger partial charge in [0.25, 0.3) is 5.56 Å². The van der Waals surface area contributed by atoms with Crippen LogP contribution in [-0.2, 0) is 27.5 Å². The molecule has 292 valence electrons. The van der Waals surface area contributed by atoms with Gasteiger partial charge in [-0.2, -0.15) is 5.10 Å². The number of piperazine rings is 1. The Balaban J connectivity index is 1.03. The van der Waals surface area contributed by atoms with Gasteiger partial charge < -0.3 is 24.8 Å². The van der Waals surface area contributed by atoms with Gasteiger partial charge in [0.15, 0.2) is 6.73 Å². The molecule has 1 unspecified atom stereocenters. The molecule has 2 aromatic heterocycles. The Labute approximate surface area is 322 Å². The monoisotopic (exact) mass is 750 g/mol. The summed E-state index contributed by atoms with van der Waals surface area (Å²) in [4.78, 5) is 63.0. The number of H-pyrrole nitrogens is 1. The number of aromatic amines is 1. The number of esters is 1. The van der Waals surface area contributed by atoms with E-state index in [1.165, 1.54) is 4.57 Å². The fourth-order valence-electron chi connectivity index (χ4n) is 8.59. The van der Waals surface area contributed by atoms with Crippen LogP contribution in [0.25, 0.3) is 21.8 Å². The summed E-state index contributed by atoms with van der Waals surface area (Å²) in [6.45, 7) is 11.5. The van der Waals surface area contributed by atoms with Crippen LogP contribution in [0.4, 0.5) is 4.79 Å². The quantitative estimate of drug-likeness (QED) is 0.170. The number of piperidine rings is 2. The number of rotatable bonds is 11. The number of aromatic nitrogens is 3. The number of nitrogens with zero attached hydrogens (tertiary/aromatic N) is 6. The molecule has 55 heavy (non-hydrogen) atoms. The van der Waals surface area contributed by atoms with Crippen LogP contribution in [0.5, 0.6) is 0 Å². The second-order valence-electron chi connectivity index (χ2n) is 15.5. The SMILES string of the molecule is C=CCCC(=O)OCn1c(=O)c(C2CCN(C(=O)NC(Cc3cc(C)c4[nH]ncc4c3)C(=O)N3CCN(C4CCN(C)CC4)CC3)CC2)cc2ccccc21. The molecule has 3 aliphatic heterocycles. The van der Waals surface area contributed by atoms with Gasteiger partial charge in [-0.05, 0) is 99.8 Å². The number of urea groups is 1. The maximum Gasteiger partial charge on any atom is 0.318 e. The summed E-state index contributed by atoms with van der Waals surface area (Å²) in [6.07, 6.45) is 8.01. The number of pyridine rings is 1. The number of hydrogen-bond acceptors (Lipinski definition) is 8. The third-order valence-electron chi connectivity index (χ3n) is 11.8. The number of aryl methyl sites for hydroxylation is 1. The molecule has 0 aliphatic carbocycles. The number of likely N-dealkylation sites (tertiary alicyclic amines) is 2. The second kappa shape index (κ2) is 17.2. The number of allylic oxidation sites excluding steroid dienone is 1.